The Labute approximate surface area is 121 Å². The Morgan fingerprint density at radius 1 is 1.35 bits per heavy atom. The normalized spacial score (nSPS) is 26.9. The molecular formula is C15H26N2O3. The van der Waals surface area contributed by atoms with E-state index in [0.717, 1.165) is 32.4 Å². The molecule has 2 heterocycles. The van der Waals surface area contributed by atoms with Crippen molar-refractivity contribution >= 4 is 11.8 Å². The second kappa shape index (κ2) is 6.12. The van der Waals surface area contributed by atoms with E-state index in [1.165, 1.54) is 0 Å². The third-order valence-electron chi connectivity index (χ3n) is 4.55. The van der Waals surface area contributed by atoms with Crippen LogP contribution in [0.1, 0.15) is 33.1 Å². The maximum atomic E-state index is 12.7. The predicted molar refractivity (Wildman–Crippen MR) is 76.2 cm³/mol. The molecule has 1 atom stereocenters. The summed E-state index contributed by atoms with van der Waals surface area (Å²) < 4.78 is 5.08. The molecule has 114 valence electrons. The number of piperidine rings is 1. The van der Waals surface area contributed by atoms with Crippen molar-refractivity contribution in [1.82, 2.24) is 9.80 Å². The molecule has 5 nitrogen and oxygen atoms in total. The van der Waals surface area contributed by atoms with Crippen molar-refractivity contribution in [3.05, 3.63) is 0 Å². The van der Waals surface area contributed by atoms with Crippen LogP contribution >= 0.6 is 0 Å². The second-order valence-electron chi connectivity index (χ2n) is 6.33. The van der Waals surface area contributed by atoms with E-state index in [9.17, 15) is 9.59 Å². The van der Waals surface area contributed by atoms with Gasteiger partial charge in [0.25, 0.3) is 0 Å². The summed E-state index contributed by atoms with van der Waals surface area (Å²) in [6, 6.07) is 0. The first-order valence-corrected chi connectivity index (χ1v) is 7.57. The molecule has 0 unspecified atom stereocenters. The molecular weight excluding hydrogens is 256 g/mol. The maximum Gasteiger partial charge on any atom is 0.230 e. The van der Waals surface area contributed by atoms with Gasteiger partial charge in [-0.3, -0.25) is 9.59 Å². The Kier molecular flexibility index (Phi) is 4.68. The lowest BCUT2D eigenvalue weighted by molar-refractivity contribution is -0.147. The number of likely N-dealkylation sites (tertiary alicyclic amines) is 2. The molecule has 0 aliphatic carbocycles. The van der Waals surface area contributed by atoms with Crippen LogP contribution in [0, 0.1) is 11.3 Å². The number of amides is 2. The first kappa shape index (κ1) is 15.3. The van der Waals surface area contributed by atoms with Crippen LogP contribution in [0.5, 0.6) is 0 Å². The van der Waals surface area contributed by atoms with Crippen molar-refractivity contribution in [2.75, 3.05) is 39.9 Å². The smallest absolute Gasteiger partial charge is 0.230 e. The number of methoxy groups -OCH3 is 1. The van der Waals surface area contributed by atoms with Crippen LogP contribution in [0.2, 0.25) is 0 Å². The molecule has 2 rings (SSSR count). The number of ether oxygens (including phenoxy) is 1. The molecule has 0 saturated carbocycles. The molecule has 20 heavy (non-hydrogen) atoms. The highest BCUT2D eigenvalue weighted by Gasteiger charge is 2.49. The zero-order chi connectivity index (χ0) is 14.8. The topological polar surface area (TPSA) is 49.9 Å². The lowest BCUT2D eigenvalue weighted by Gasteiger charge is -2.39. The third kappa shape index (κ3) is 2.82. The van der Waals surface area contributed by atoms with Gasteiger partial charge in [0.2, 0.25) is 11.8 Å². The van der Waals surface area contributed by atoms with Crippen LogP contribution in [0.15, 0.2) is 0 Å². The van der Waals surface area contributed by atoms with Gasteiger partial charge in [-0.15, -0.1) is 0 Å². The molecule has 5 heteroatoms. The fourth-order valence-electron chi connectivity index (χ4n) is 3.37. The molecule has 0 aromatic carbocycles. The standard InChI is InChI=1S/C15H26N2O3/c1-12(2)13(18)17-8-6-15(11-17)5-4-7-16(14(15)19)9-10-20-3/h12H,4-11H2,1-3H3/t15-/m1/s1. The van der Waals surface area contributed by atoms with Crippen LogP contribution in [0.4, 0.5) is 0 Å². The fraction of sp³-hybridized carbons (Fsp3) is 0.867. The predicted octanol–water partition coefficient (Wildman–Crippen LogP) is 1.13. The highest BCUT2D eigenvalue weighted by molar-refractivity contribution is 5.86. The highest BCUT2D eigenvalue weighted by atomic mass is 16.5. The molecule has 0 bridgehead atoms. The van der Waals surface area contributed by atoms with E-state index in [4.69, 9.17) is 4.74 Å². The molecule has 0 N–H and O–H groups in total. The lowest BCUT2D eigenvalue weighted by Crippen LogP contribution is -2.51. The molecule has 2 fully saturated rings. The van der Waals surface area contributed by atoms with E-state index in [0.29, 0.717) is 19.7 Å². The number of hydrogen-bond donors (Lipinski definition) is 0. The summed E-state index contributed by atoms with van der Waals surface area (Å²) in [5.41, 5.74) is -0.323. The molecule has 2 aliphatic rings. The largest absolute Gasteiger partial charge is 0.383 e. The Bertz CT molecular complexity index is 383. The van der Waals surface area contributed by atoms with E-state index in [-0.39, 0.29) is 23.1 Å². The summed E-state index contributed by atoms with van der Waals surface area (Å²) in [5.74, 6) is 0.400. The van der Waals surface area contributed by atoms with Crippen molar-refractivity contribution in [2.45, 2.75) is 33.1 Å². The Morgan fingerprint density at radius 2 is 2.10 bits per heavy atom. The first-order chi connectivity index (χ1) is 9.50. The van der Waals surface area contributed by atoms with Crippen molar-refractivity contribution in [1.29, 1.82) is 0 Å². The van der Waals surface area contributed by atoms with Gasteiger partial charge in [0.05, 0.1) is 12.0 Å². The van der Waals surface area contributed by atoms with E-state index < -0.39 is 0 Å². The summed E-state index contributed by atoms with van der Waals surface area (Å²) in [7, 11) is 1.66. The fourth-order valence-corrected chi connectivity index (χ4v) is 3.37. The minimum absolute atomic E-state index is 0.00781. The zero-order valence-corrected chi connectivity index (χ0v) is 12.9. The lowest BCUT2D eigenvalue weighted by atomic mass is 9.78. The van der Waals surface area contributed by atoms with Gasteiger partial charge in [-0.25, -0.2) is 0 Å². The van der Waals surface area contributed by atoms with Crippen LogP contribution in [0.3, 0.4) is 0 Å². The number of carbonyl (C=O) groups excluding carboxylic acids is 2. The molecule has 1 spiro atoms. The SMILES string of the molecule is COCCN1CCC[C@]2(CCN(C(=O)C(C)C)C2)C1=O. The molecule has 0 aromatic rings. The van der Waals surface area contributed by atoms with Gasteiger partial charge in [-0.1, -0.05) is 13.8 Å². The highest BCUT2D eigenvalue weighted by Crippen LogP contribution is 2.40. The summed E-state index contributed by atoms with van der Waals surface area (Å²) in [6.07, 6.45) is 2.75. The van der Waals surface area contributed by atoms with E-state index >= 15 is 0 Å². The summed E-state index contributed by atoms with van der Waals surface area (Å²) in [6.45, 7) is 7.22. The van der Waals surface area contributed by atoms with E-state index in [1.807, 2.05) is 23.6 Å². The summed E-state index contributed by atoms with van der Waals surface area (Å²) >= 11 is 0. The Morgan fingerprint density at radius 3 is 2.75 bits per heavy atom. The minimum Gasteiger partial charge on any atom is -0.383 e. The number of carbonyl (C=O) groups is 2. The molecule has 2 amide bonds. The number of rotatable bonds is 4. The molecule has 0 aromatic heterocycles. The number of hydrogen-bond acceptors (Lipinski definition) is 3. The molecule has 2 saturated heterocycles. The third-order valence-corrected chi connectivity index (χ3v) is 4.55. The number of nitrogens with zero attached hydrogens (tertiary/aromatic N) is 2. The monoisotopic (exact) mass is 282 g/mol. The quantitative estimate of drug-likeness (QED) is 0.776. The van der Waals surface area contributed by atoms with E-state index in [2.05, 4.69) is 0 Å². The molecule has 2 aliphatic heterocycles. The van der Waals surface area contributed by atoms with Gasteiger partial charge in [-0.2, -0.15) is 0 Å². The average Bonchev–Trinajstić information content (AvgIpc) is 2.85. The van der Waals surface area contributed by atoms with Gasteiger partial charge in [0.1, 0.15) is 0 Å². The van der Waals surface area contributed by atoms with E-state index in [1.54, 1.807) is 7.11 Å². The summed E-state index contributed by atoms with van der Waals surface area (Å²) in [4.78, 5) is 28.6. The minimum atomic E-state index is -0.323. The van der Waals surface area contributed by atoms with Crippen LogP contribution < -0.4 is 0 Å². The zero-order valence-electron chi connectivity index (χ0n) is 12.9. The Hall–Kier alpha value is -1.10. The second-order valence-corrected chi connectivity index (χ2v) is 6.33. The van der Waals surface area contributed by atoms with Crippen molar-refractivity contribution in [2.24, 2.45) is 11.3 Å². The average molecular weight is 282 g/mol. The Balaban J connectivity index is 2.04. The van der Waals surface area contributed by atoms with Crippen molar-refractivity contribution in [3.8, 4) is 0 Å². The summed E-state index contributed by atoms with van der Waals surface area (Å²) in [5, 5.41) is 0. The van der Waals surface area contributed by atoms with Crippen molar-refractivity contribution < 1.29 is 14.3 Å². The maximum absolute atomic E-state index is 12.7. The van der Waals surface area contributed by atoms with Crippen molar-refractivity contribution in [3.63, 3.8) is 0 Å². The van der Waals surface area contributed by atoms with Crippen LogP contribution in [0.25, 0.3) is 0 Å². The van der Waals surface area contributed by atoms with Gasteiger partial charge in [0.15, 0.2) is 0 Å². The van der Waals surface area contributed by atoms with Gasteiger partial charge in [-0.05, 0) is 19.3 Å². The van der Waals surface area contributed by atoms with Gasteiger partial charge >= 0.3 is 0 Å². The van der Waals surface area contributed by atoms with Gasteiger partial charge < -0.3 is 14.5 Å². The van der Waals surface area contributed by atoms with Crippen LogP contribution in [-0.2, 0) is 14.3 Å². The van der Waals surface area contributed by atoms with Crippen LogP contribution in [-0.4, -0.2) is 61.5 Å². The molecule has 0 radical (unpaired) electrons. The van der Waals surface area contributed by atoms with Gasteiger partial charge in [0, 0.05) is 39.2 Å². The first-order valence-electron chi connectivity index (χ1n) is 7.57.